The number of aliphatic hydroxyl groups excluding tert-OH is 5. The maximum atomic E-state index is 14.1. The molecule has 23 nitrogen and oxygen atoms in total. The van der Waals surface area contributed by atoms with Crippen molar-refractivity contribution in [1.82, 2.24) is 39.0 Å². The van der Waals surface area contributed by atoms with Crippen molar-refractivity contribution >= 4 is 67.0 Å². The van der Waals surface area contributed by atoms with Crippen molar-refractivity contribution in [1.29, 1.82) is 0 Å². The van der Waals surface area contributed by atoms with Gasteiger partial charge in [-0.15, -0.1) is 0 Å². The van der Waals surface area contributed by atoms with E-state index in [1.165, 1.54) is 44.9 Å². The number of ether oxygens (including phenoxy) is 4. The quantitative estimate of drug-likeness (QED) is 0.00899. The summed E-state index contributed by atoms with van der Waals surface area (Å²) in [5, 5.41) is 56.6. The Balaban J connectivity index is 5.47. The van der Waals surface area contributed by atoms with Crippen molar-refractivity contribution in [2.45, 2.75) is 303 Å². The zero-order valence-electron chi connectivity index (χ0n) is 59.7. The van der Waals surface area contributed by atoms with Crippen LogP contribution < -0.4 is 19.4 Å². The highest BCUT2D eigenvalue weighted by Gasteiger charge is 2.35. The van der Waals surface area contributed by atoms with Gasteiger partial charge in [0, 0.05) is 101 Å². The molecule has 6 amide bonds. The standard InChI is InChI=1S/C67H132BIN8O15/c1-64(2,3)89-60(85)74(48-36-42-72-68)44-32-34-46-76(62(87)91-66(7,8)9)50-53(51-77(63(88)92-67(10,11)12)47-35-33-45-75(49-37-43-73-69)61(86)90-65(4,5)6)38-28-25-27-30-40-70-55(80)39-29-24-22-20-18-16-14-13-15-17-19-21-23-26-31-41-71-59(84)58(83)57(82)56(81)54(79)52-78/h53-54,56-58,72-73,78-79,81-83H,13-52,68H2,1-12H3,(H,70,80)(H,71,84)/t53?,54-,56+,57+,58+/m1/s1. The average Bonchev–Trinajstić information content (AvgIpc) is 1.34. The number of rotatable bonds is 52. The molecule has 0 aromatic heterocycles. The summed E-state index contributed by atoms with van der Waals surface area (Å²) in [5.41, 5.74) is -2.79. The molecule has 92 heavy (non-hydrogen) atoms. The van der Waals surface area contributed by atoms with E-state index in [1.54, 1.807) is 19.6 Å². The van der Waals surface area contributed by atoms with Crippen LogP contribution in [-0.4, -0.2) is 221 Å². The fourth-order valence-corrected chi connectivity index (χ4v) is 10.6. The molecule has 0 aliphatic carbocycles. The molecular formula is C67H132BIN8O15. The Morgan fingerprint density at radius 1 is 0.413 bits per heavy atom. The number of hydrogen-bond acceptors (Lipinski definition) is 17. The van der Waals surface area contributed by atoms with E-state index in [4.69, 9.17) is 24.1 Å². The summed E-state index contributed by atoms with van der Waals surface area (Å²) >= 11 is 2.10. The van der Waals surface area contributed by atoms with Crippen LogP contribution in [0.15, 0.2) is 0 Å². The topological polar surface area (TPSA) is 302 Å². The zero-order chi connectivity index (χ0) is 69.6. The number of aliphatic hydroxyl groups is 5. The van der Waals surface area contributed by atoms with E-state index in [1.807, 2.05) is 91.1 Å². The molecule has 25 heteroatoms. The molecular weight excluding hydrogens is 1290 g/mol. The van der Waals surface area contributed by atoms with Crippen LogP contribution in [0.1, 0.15) is 256 Å². The van der Waals surface area contributed by atoms with Gasteiger partial charge in [-0.2, -0.15) is 0 Å². The smallest absolute Gasteiger partial charge is 0.410 e. The van der Waals surface area contributed by atoms with Crippen molar-refractivity contribution in [2.24, 2.45) is 5.92 Å². The van der Waals surface area contributed by atoms with E-state index < -0.39 is 71.5 Å². The van der Waals surface area contributed by atoms with Gasteiger partial charge < -0.3 is 79.9 Å². The number of unbranched alkanes of at least 4 members (excludes halogenated alkanes) is 19. The van der Waals surface area contributed by atoms with Gasteiger partial charge in [-0.3, -0.25) is 13.1 Å². The molecule has 0 fully saturated rings. The van der Waals surface area contributed by atoms with Crippen LogP contribution >= 0.6 is 22.9 Å². The molecule has 1 unspecified atom stereocenters. The minimum Gasteiger partial charge on any atom is -0.444 e. The Bertz CT molecular complexity index is 1880. The second-order valence-electron chi connectivity index (χ2n) is 28.8. The van der Waals surface area contributed by atoms with E-state index >= 15 is 0 Å². The lowest BCUT2D eigenvalue weighted by molar-refractivity contribution is -0.148. The molecule has 5 atom stereocenters. The minimum atomic E-state index is -1.90. The molecule has 0 saturated heterocycles. The van der Waals surface area contributed by atoms with Crippen LogP contribution in [0.25, 0.3) is 0 Å². The SMILES string of the molecule is BNCCCN(CCCCN(CC(CCCCCCNC(=O)CCCCCCCCCCCCCCCCCNC(=O)[C@@H](O)[C@@H](O)[C@@H](O)[C@H](O)CO)CN(CCCCN(CCCNI)C(=O)OC(C)(C)C)C(=O)OC(C)(C)C)C(=O)OC(C)(C)C)C(=O)OC(C)(C)C. The fourth-order valence-electron chi connectivity index (χ4n) is 10.2. The van der Waals surface area contributed by atoms with Gasteiger partial charge in [-0.1, -0.05) is 103 Å². The molecule has 0 saturated carbocycles. The lowest BCUT2D eigenvalue weighted by Gasteiger charge is -2.34. The fraction of sp³-hybridized carbons (Fsp3) is 0.910. The summed E-state index contributed by atoms with van der Waals surface area (Å²) in [6, 6.07) is 0. The van der Waals surface area contributed by atoms with Gasteiger partial charge >= 0.3 is 24.4 Å². The lowest BCUT2D eigenvalue weighted by Crippen LogP contribution is -2.51. The van der Waals surface area contributed by atoms with E-state index in [9.17, 15) is 49.2 Å². The van der Waals surface area contributed by atoms with Crippen molar-refractivity contribution < 1.29 is 73.2 Å². The second-order valence-corrected chi connectivity index (χ2v) is 29.6. The number of nitrogens with one attached hydrogen (secondary N) is 4. The summed E-state index contributed by atoms with van der Waals surface area (Å²) < 4.78 is 26.7. The Hall–Kier alpha value is -3.47. The average molecular weight is 1430 g/mol. The van der Waals surface area contributed by atoms with Gasteiger partial charge in [0.1, 0.15) is 40.7 Å². The molecule has 0 bridgehead atoms. The number of carbonyl (C=O) groups excluding carboxylic acids is 6. The van der Waals surface area contributed by atoms with Crippen molar-refractivity contribution in [3.8, 4) is 0 Å². The molecule has 540 valence electrons. The van der Waals surface area contributed by atoms with Crippen molar-refractivity contribution in [2.75, 3.05) is 85.1 Å². The summed E-state index contributed by atoms with van der Waals surface area (Å²) in [5.74, 6) is -0.892. The first-order chi connectivity index (χ1) is 43.2. The first-order valence-electron chi connectivity index (χ1n) is 35.0. The van der Waals surface area contributed by atoms with Crippen LogP contribution in [0.3, 0.4) is 0 Å². The molecule has 9 N–H and O–H groups in total. The first-order valence-corrected chi connectivity index (χ1v) is 36.1. The Morgan fingerprint density at radius 2 is 0.739 bits per heavy atom. The maximum Gasteiger partial charge on any atom is 0.410 e. The van der Waals surface area contributed by atoms with E-state index in [-0.39, 0.29) is 24.0 Å². The lowest BCUT2D eigenvalue weighted by atomic mass is 9.98. The molecule has 0 aliphatic heterocycles. The van der Waals surface area contributed by atoms with Crippen LogP contribution in [-0.2, 0) is 28.5 Å². The molecule has 0 radical (unpaired) electrons. The van der Waals surface area contributed by atoms with Crippen molar-refractivity contribution in [3.05, 3.63) is 0 Å². The molecule has 0 aliphatic rings. The molecule has 0 aromatic rings. The zero-order valence-corrected chi connectivity index (χ0v) is 61.8. The number of carbonyl (C=O) groups is 6. The normalized spacial score (nSPS) is 13.7. The summed E-state index contributed by atoms with van der Waals surface area (Å²) in [7, 11) is 1.88. The van der Waals surface area contributed by atoms with E-state index in [2.05, 4.69) is 42.3 Å². The number of amides is 6. The number of nitrogens with zero attached hydrogens (tertiary/aromatic N) is 4. The van der Waals surface area contributed by atoms with Gasteiger partial charge in [0.05, 0.1) is 6.61 Å². The monoisotopic (exact) mass is 1430 g/mol. The summed E-state index contributed by atoms with van der Waals surface area (Å²) in [4.78, 5) is 86.7. The predicted molar refractivity (Wildman–Crippen MR) is 375 cm³/mol. The van der Waals surface area contributed by atoms with E-state index in [0.717, 1.165) is 109 Å². The van der Waals surface area contributed by atoms with Crippen LogP contribution in [0, 0.1) is 5.92 Å². The Kier molecular flexibility index (Phi) is 48.9. The highest BCUT2D eigenvalue weighted by Crippen LogP contribution is 2.22. The number of hydrogen-bond donors (Lipinski definition) is 9. The van der Waals surface area contributed by atoms with Crippen LogP contribution in [0.5, 0.6) is 0 Å². The third-order valence-corrected chi connectivity index (χ3v) is 15.6. The molecule has 0 spiro atoms. The van der Waals surface area contributed by atoms with Crippen LogP contribution in [0.2, 0.25) is 0 Å². The first kappa shape index (κ1) is 88.5. The highest BCUT2D eigenvalue weighted by molar-refractivity contribution is 14.1. The van der Waals surface area contributed by atoms with Crippen LogP contribution in [0.4, 0.5) is 19.2 Å². The summed E-state index contributed by atoms with van der Waals surface area (Å²) in [6.45, 7) is 27.3. The third-order valence-electron chi connectivity index (χ3n) is 15.1. The van der Waals surface area contributed by atoms with Gasteiger partial charge in [0.25, 0.3) is 5.91 Å². The maximum absolute atomic E-state index is 14.1. The Morgan fingerprint density at radius 3 is 1.11 bits per heavy atom. The van der Waals surface area contributed by atoms with Gasteiger partial charge in [-0.25, -0.2) is 19.2 Å². The number of halogens is 1. The Labute approximate surface area is 570 Å². The second kappa shape index (κ2) is 50.9. The largest absolute Gasteiger partial charge is 0.444 e. The van der Waals surface area contributed by atoms with E-state index in [0.29, 0.717) is 97.6 Å². The predicted octanol–water partition coefficient (Wildman–Crippen LogP) is 9.83. The van der Waals surface area contributed by atoms with Gasteiger partial charge in [0.15, 0.2) is 14.1 Å². The van der Waals surface area contributed by atoms with Gasteiger partial charge in [-0.05, 0) is 160 Å². The molecule has 0 heterocycles. The third kappa shape index (κ3) is 49.1. The van der Waals surface area contributed by atoms with Gasteiger partial charge in [0.2, 0.25) is 5.91 Å². The highest BCUT2D eigenvalue weighted by atomic mass is 127. The minimum absolute atomic E-state index is 0.0878. The molecule has 0 rings (SSSR count). The summed E-state index contributed by atoms with van der Waals surface area (Å²) in [6.07, 6.45) is 16.3. The van der Waals surface area contributed by atoms with Crippen molar-refractivity contribution in [3.63, 3.8) is 0 Å². The molecule has 0 aromatic carbocycles.